The number of H-pyrrole nitrogens is 1. The van der Waals surface area contributed by atoms with Crippen LogP contribution in [0.4, 0.5) is 29.6 Å². The van der Waals surface area contributed by atoms with Crippen LogP contribution in [-0.2, 0) is 10.9 Å². The number of carbonyl (C=O) groups is 1. The Morgan fingerprint density at radius 1 is 1.33 bits per heavy atom. The van der Waals surface area contributed by atoms with E-state index < -0.39 is 17.8 Å². The van der Waals surface area contributed by atoms with E-state index in [2.05, 4.69) is 51.6 Å². The predicted octanol–water partition coefficient (Wildman–Crippen LogP) is 3.37. The normalized spacial score (nSPS) is 16.1. The minimum absolute atomic E-state index is 0.104. The van der Waals surface area contributed by atoms with E-state index in [4.69, 9.17) is 0 Å². The minimum atomic E-state index is -4.64. The van der Waals surface area contributed by atoms with E-state index >= 15 is 0 Å². The van der Waals surface area contributed by atoms with Gasteiger partial charge in [-0.15, -0.1) is 0 Å². The number of amides is 1. The Bertz CT molecular complexity index is 1230. The molecular formula is C20H20BrF3N6O2Si. The molecular weight excluding hydrogens is 521 g/mol. The van der Waals surface area contributed by atoms with Gasteiger partial charge in [-0.25, -0.2) is 14.8 Å². The summed E-state index contributed by atoms with van der Waals surface area (Å²) in [5.74, 6) is 0.370. The lowest BCUT2D eigenvalue weighted by atomic mass is 10.1. The number of alkyl halides is 3. The number of nitrogens with one attached hydrogen (secondary N) is 4. The largest absolute Gasteiger partial charge is 0.453 e. The predicted molar refractivity (Wildman–Crippen MR) is 126 cm³/mol. The second kappa shape index (κ2) is 9.23. The van der Waals surface area contributed by atoms with Gasteiger partial charge in [-0.05, 0) is 40.3 Å². The van der Waals surface area contributed by atoms with Crippen LogP contribution in [0.1, 0.15) is 12.0 Å². The van der Waals surface area contributed by atoms with Crippen molar-refractivity contribution in [3.8, 4) is 11.3 Å². The highest BCUT2D eigenvalue weighted by Gasteiger charge is 2.36. The Hall–Kier alpha value is -2.77. The van der Waals surface area contributed by atoms with E-state index in [-0.39, 0.29) is 23.1 Å². The number of halogens is 4. The van der Waals surface area contributed by atoms with Crippen molar-refractivity contribution in [2.75, 3.05) is 30.8 Å². The molecule has 0 spiro atoms. The minimum Gasteiger partial charge on any atom is -0.453 e. The molecule has 33 heavy (non-hydrogen) atoms. The molecule has 1 amide bonds. The molecule has 8 nitrogen and oxygen atoms in total. The van der Waals surface area contributed by atoms with Crippen LogP contribution in [0.15, 0.2) is 29.0 Å². The lowest BCUT2D eigenvalue weighted by Gasteiger charge is -2.17. The van der Waals surface area contributed by atoms with Crippen molar-refractivity contribution in [1.82, 2.24) is 20.3 Å². The van der Waals surface area contributed by atoms with Crippen molar-refractivity contribution in [3.05, 3.63) is 34.6 Å². The highest BCUT2D eigenvalue weighted by Crippen LogP contribution is 2.41. The molecule has 0 unspecified atom stereocenters. The van der Waals surface area contributed by atoms with Crippen molar-refractivity contribution in [1.29, 1.82) is 0 Å². The third kappa shape index (κ3) is 4.79. The first-order valence-electron chi connectivity index (χ1n) is 9.94. The van der Waals surface area contributed by atoms with Crippen LogP contribution in [0.25, 0.3) is 22.2 Å². The summed E-state index contributed by atoms with van der Waals surface area (Å²) in [5.41, 5.74) is -0.0191. The van der Waals surface area contributed by atoms with Gasteiger partial charge < -0.3 is 20.4 Å². The quantitative estimate of drug-likeness (QED) is 0.370. The van der Waals surface area contributed by atoms with Crippen molar-refractivity contribution >= 4 is 59.7 Å². The Labute approximate surface area is 197 Å². The maximum Gasteiger partial charge on any atom is 0.419 e. The number of rotatable bonds is 5. The van der Waals surface area contributed by atoms with E-state index in [0.29, 0.717) is 21.1 Å². The molecule has 2 aromatic heterocycles. The molecule has 3 heterocycles. The zero-order chi connectivity index (χ0) is 23.8. The Kier molecular flexibility index (Phi) is 6.54. The number of carbonyl (C=O) groups excluding carboxylic acids is 1. The van der Waals surface area contributed by atoms with Gasteiger partial charge in [0.15, 0.2) is 0 Å². The van der Waals surface area contributed by atoms with Gasteiger partial charge in [-0.3, -0.25) is 5.32 Å². The summed E-state index contributed by atoms with van der Waals surface area (Å²) in [6.07, 6.45) is -2.11. The summed E-state index contributed by atoms with van der Waals surface area (Å²) in [6.45, 7) is 1.70. The number of benzene rings is 1. The Balaban J connectivity index is 1.76. The third-order valence-corrected chi connectivity index (χ3v) is 6.97. The van der Waals surface area contributed by atoms with Gasteiger partial charge in [-0.2, -0.15) is 13.2 Å². The maximum atomic E-state index is 13.8. The summed E-state index contributed by atoms with van der Waals surface area (Å²) >= 11 is 3.39. The van der Waals surface area contributed by atoms with Crippen LogP contribution < -0.4 is 16.0 Å². The summed E-state index contributed by atoms with van der Waals surface area (Å²) in [5, 5.41) is 10.3. The van der Waals surface area contributed by atoms with E-state index in [9.17, 15) is 18.0 Å². The van der Waals surface area contributed by atoms with Crippen molar-refractivity contribution < 1.29 is 22.7 Å². The molecule has 0 radical (unpaired) electrons. The lowest BCUT2D eigenvalue weighted by Crippen LogP contribution is -2.26. The van der Waals surface area contributed by atoms with Gasteiger partial charge in [0, 0.05) is 45.7 Å². The fraction of sp³-hybridized carbons (Fsp3) is 0.300. The molecule has 1 atom stereocenters. The summed E-state index contributed by atoms with van der Waals surface area (Å²) in [6, 6.07) is 3.18. The van der Waals surface area contributed by atoms with Crippen LogP contribution in [0.2, 0.25) is 0 Å². The first-order chi connectivity index (χ1) is 15.7. The Morgan fingerprint density at radius 3 is 2.79 bits per heavy atom. The molecule has 3 aromatic rings. The van der Waals surface area contributed by atoms with Gasteiger partial charge >= 0.3 is 12.3 Å². The average Bonchev–Trinajstić information content (AvgIpc) is 3.45. The van der Waals surface area contributed by atoms with Crippen LogP contribution >= 0.6 is 15.9 Å². The molecule has 1 aliphatic heterocycles. The van der Waals surface area contributed by atoms with Gasteiger partial charge in [-0.1, -0.05) is 6.07 Å². The smallest absolute Gasteiger partial charge is 0.419 e. The zero-order valence-corrected chi connectivity index (χ0v) is 20.4. The number of anilines is 2. The molecule has 1 aromatic carbocycles. The highest BCUT2D eigenvalue weighted by molar-refractivity contribution is 9.10. The number of ether oxygens (including phenoxy) is 1. The number of hydrogen-bond acceptors (Lipinski definition) is 6. The SMILES string of the molecule is COC(=O)Nc1ccc2c(-c3nc(NC(=[SiH2])[C@H]4CCNC4)ncc3C(F)(F)F)c[nH]c2c1Br. The van der Waals surface area contributed by atoms with Crippen LogP contribution in [-0.4, -0.2) is 56.4 Å². The van der Waals surface area contributed by atoms with E-state index in [1.54, 1.807) is 22.0 Å². The van der Waals surface area contributed by atoms with Gasteiger partial charge in [0.25, 0.3) is 0 Å². The second-order valence-electron chi connectivity index (χ2n) is 7.46. The molecule has 0 bridgehead atoms. The lowest BCUT2D eigenvalue weighted by molar-refractivity contribution is -0.137. The number of fused-ring (bicyclic) bond motifs is 1. The van der Waals surface area contributed by atoms with Crippen molar-refractivity contribution in [2.45, 2.75) is 12.6 Å². The van der Waals surface area contributed by atoms with Crippen LogP contribution in [0, 0.1) is 5.92 Å². The number of aromatic amines is 1. The fourth-order valence-corrected chi connectivity index (χ4v) is 4.74. The molecule has 4 N–H and O–H groups in total. The molecule has 4 rings (SSSR count). The van der Waals surface area contributed by atoms with E-state index in [1.165, 1.54) is 13.3 Å². The van der Waals surface area contributed by atoms with Crippen molar-refractivity contribution in [2.24, 2.45) is 5.92 Å². The molecule has 174 valence electrons. The molecule has 1 aliphatic rings. The van der Waals surface area contributed by atoms with Crippen LogP contribution in [0.3, 0.4) is 0 Å². The number of nitrogens with zero attached hydrogens (tertiary/aromatic N) is 2. The second-order valence-corrected chi connectivity index (χ2v) is 9.02. The Morgan fingerprint density at radius 2 is 2.12 bits per heavy atom. The third-order valence-electron chi connectivity index (χ3n) is 5.39. The zero-order valence-electron chi connectivity index (χ0n) is 17.4. The number of methoxy groups -OCH3 is 1. The summed E-state index contributed by atoms with van der Waals surface area (Å²) in [4.78, 5) is 22.7. The standard InChI is InChI=1S/C20H20BrF3N6O2Si/c1-32-19(31)28-13-3-2-10-11(7-26-16(10)14(13)21)15-12(20(22,23)24)8-27-18(29-15)30-17(33)9-4-5-25-6-9/h2-3,7-9,25-26H,4-6,33H2,1H3,(H,28,31)(H,27,29,30)/t9-/m0/s1. The summed E-state index contributed by atoms with van der Waals surface area (Å²) < 4.78 is 46.5. The van der Waals surface area contributed by atoms with Crippen molar-refractivity contribution in [3.63, 3.8) is 0 Å². The van der Waals surface area contributed by atoms with Crippen LogP contribution in [0.5, 0.6) is 0 Å². The maximum absolute atomic E-state index is 13.8. The molecule has 0 aliphatic carbocycles. The molecule has 0 saturated carbocycles. The molecule has 13 heteroatoms. The molecule has 1 fully saturated rings. The van der Waals surface area contributed by atoms with Gasteiger partial charge in [0.1, 0.15) is 5.56 Å². The number of aromatic nitrogens is 3. The first-order valence-corrected chi connectivity index (χ1v) is 11.4. The average molecular weight is 541 g/mol. The van der Waals surface area contributed by atoms with E-state index in [0.717, 1.165) is 31.0 Å². The first kappa shape index (κ1) is 23.4. The molecule has 1 saturated heterocycles. The fourth-order valence-electron chi connectivity index (χ4n) is 3.67. The van der Waals surface area contributed by atoms with Gasteiger partial charge in [0.05, 0.1) is 28.5 Å². The van der Waals surface area contributed by atoms with E-state index in [1.807, 2.05) is 0 Å². The van der Waals surface area contributed by atoms with Gasteiger partial charge in [0.2, 0.25) is 5.95 Å². The summed E-state index contributed by atoms with van der Waals surface area (Å²) in [7, 11) is 2.89. The monoisotopic (exact) mass is 540 g/mol. The topological polar surface area (TPSA) is 104 Å². The number of hydrogen-bond donors (Lipinski definition) is 4. The highest BCUT2D eigenvalue weighted by atomic mass is 79.9.